The van der Waals surface area contributed by atoms with Crippen LogP contribution in [-0.2, 0) is 4.74 Å². The topological polar surface area (TPSA) is 54.5 Å². The van der Waals surface area contributed by atoms with Crippen molar-refractivity contribution < 1.29 is 9.53 Å². The molecule has 1 N–H and O–H groups in total. The number of likely N-dealkylation sites (tertiary alicyclic amines) is 1. The number of ether oxygens (including phenoxy) is 1. The number of nitrogens with one attached hydrogen (secondary N) is 1. The van der Waals surface area contributed by atoms with Gasteiger partial charge >= 0.3 is 6.09 Å². The van der Waals surface area contributed by atoms with Crippen molar-refractivity contribution in [2.24, 2.45) is 0 Å². The maximum Gasteiger partial charge on any atom is 0.409 e. The Balaban J connectivity index is 1.85. The van der Waals surface area contributed by atoms with Gasteiger partial charge in [-0.05, 0) is 41.8 Å². The van der Waals surface area contributed by atoms with Crippen LogP contribution in [0.1, 0.15) is 19.8 Å². The summed E-state index contributed by atoms with van der Waals surface area (Å²) in [6.07, 6.45) is 3.27. The molecule has 2 rings (SSSR count). The Bertz CT molecular complexity index is 479. The van der Waals surface area contributed by atoms with E-state index < -0.39 is 0 Å². The van der Waals surface area contributed by atoms with Gasteiger partial charge in [-0.1, -0.05) is 11.6 Å². The first-order valence-electron chi connectivity index (χ1n) is 6.59. The highest BCUT2D eigenvalue weighted by molar-refractivity contribution is 9.10. The normalized spacial score (nSPS) is 16.1. The maximum absolute atomic E-state index is 11.6. The van der Waals surface area contributed by atoms with Crippen LogP contribution < -0.4 is 5.32 Å². The van der Waals surface area contributed by atoms with E-state index in [2.05, 4.69) is 26.2 Å². The molecule has 1 amide bonds. The lowest BCUT2D eigenvalue weighted by Crippen LogP contribution is -2.42. The fourth-order valence-corrected chi connectivity index (χ4v) is 2.61. The van der Waals surface area contributed by atoms with Gasteiger partial charge in [0.1, 0.15) is 5.15 Å². The van der Waals surface area contributed by atoms with Crippen molar-refractivity contribution in [3.63, 3.8) is 0 Å². The van der Waals surface area contributed by atoms with Gasteiger partial charge in [0.15, 0.2) is 0 Å². The molecule has 1 fully saturated rings. The molecule has 1 aromatic heterocycles. The SMILES string of the molecule is CCOC(=O)N1CCC(Nc2cnc(Cl)c(Br)c2)CC1. The van der Waals surface area contributed by atoms with Crippen LogP contribution in [0.25, 0.3) is 0 Å². The molecule has 0 bridgehead atoms. The monoisotopic (exact) mass is 361 g/mol. The molecule has 5 nitrogen and oxygen atoms in total. The van der Waals surface area contributed by atoms with E-state index in [1.54, 1.807) is 11.1 Å². The Hall–Kier alpha value is -1.01. The Morgan fingerprint density at radius 3 is 2.90 bits per heavy atom. The summed E-state index contributed by atoms with van der Waals surface area (Å²) in [4.78, 5) is 17.4. The van der Waals surface area contributed by atoms with E-state index in [1.807, 2.05) is 13.0 Å². The van der Waals surface area contributed by atoms with Gasteiger partial charge in [0.25, 0.3) is 0 Å². The summed E-state index contributed by atoms with van der Waals surface area (Å²) < 4.78 is 5.77. The average Bonchev–Trinajstić information content (AvgIpc) is 2.44. The molecular formula is C13H17BrClN3O2. The second kappa shape index (κ2) is 7.13. The van der Waals surface area contributed by atoms with Gasteiger partial charge in [0, 0.05) is 19.1 Å². The third-order valence-corrected chi connectivity index (χ3v) is 4.32. The highest BCUT2D eigenvalue weighted by atomic mass is 79.9. The quantitative estimate of drug-likeness (QED) is 0.836. The molecule has 20 heavy (non-hydrogen) atoms. The number of piperidine rings is 1. The van der Waals surface area contributed by atoms with Crippen LogP contribution in [0.2, 0.25) is 5.15 Å². The molecule has 2 heterocycles. The van der Waals surface area contributed by atoms with Crippen molar-refractivity contribution in [1.29, 1.82) is 0 Å². The van der Waals surface area contributed by atoms with E-state index in [0.29, 0.717) is 30.9 Å². The first-order chi connectivity index (χ1) is 9.60. The summed E-state index contributed by atoms with van der Waals surface area (Å²) in [6.45, 7) is 3.65. The van der Waals surface area contributed by atoms with Gasteiger partial charge < -0.3 is 15.0 Å². The molecule has 7 heteroatoms. The smallest absolute Gasteiger partial charge is 0.409 e. The molecule has 1 aromatic rings. The predicted molar refractivity (Wildman–Crippen MR) is 82.2 cm³/mol. The number of nitrogens with zero attached hydrogens (tertiary/aromatic N) is 2. The van der Waals surface area contributed by atoms with Crippen LogP contribution in [0.3, 0.4) is 0 Å². The van der Waals surface area contributed by atoms with Gasteiger partial charge in [-0.2, -0.15) is 0 Å². The van der Waals surface area contributed by atoms with Gasteiger partial charge in [-0.3, -0.25) is 0 Å². The lowest BCUT2D eigenvalue weighted by atomic mass is 10.1. The highest BCUT2D eigenvalue weighted by Gasteiger charge is 2.23. The lowest BCUT2D eigenvalue weighted by Gasteiger charge is -2.32. The fraction of sp³-hybridized carbons (Fsp3) is 0.538. The van der Waals surface area contributed by atoms with Crippen LogP contribution in [0.15, 0.2) is 16.7 Å². The standard InChI is InChI=1S/C13H17BrClN3O2/c1-2-20-13(19)18-5-3-9(4-6-18)17-10-7-11(14)12(15)16-8-10/h7-9,17H,2-6H2,1H3. The third-order valence-electron chi connectivity index (χ3n) is 3.19. The van der Waals surface area contributed by atoms with Crippen LogP contribution in [-0.4, -0.2) is 41.7 Å². The van der Waals surface area contributed by atoms with E-state index in [1.165, 1.54) is 0 Å². The fourth-order valence-electron chi connectivity index (χ4n) is 2.16. The molecule has 0 spiro atoms. The number of pyridine rings is 1. The summed E-state index contributed by atoms with van der Waals surface area (Å²) in [5, 5.41) is 3.86. The largest absolute Gasteiger partial charge is 0.450 e. The number of amides is 1. The van der Waals surface area contributed by atoms with Crippen molar-refractivity contribution in [2.45, 2.75) is 25.8 Å². The van der Waals surface area contributed by atoms with Crippen molar-refractivity contribution in [3.8, 4) is 0 Å². The van der Waals surface area contributed by atoms with E-state index in [-0.39, 0.29) is 6.09 Å². The molecule has 1 saturated heterocycles. The number of hydrogen-bond donors (Lipinski definition) is 1. The van der Waals surface area contributed by atoms with Crippen molar-refractivity contribution in [3.05, 3.63) is 21.9 Å². The first-order valence-corrected chi connectivity index (χ1v) is 7.76. The number of rotatable bonds is 3. The van der Waals surface area contributed by atoms with Crippen molar-refractivity contribution in [2.75, 3.05) is 25.0 Å². The van der Waals surface area contributed by atoms with E-state index in [4.69, 9.17) is 16.3 Å². The maximum atomic E-state index is 11.6. The van der Waals surface area contributed by atoms with Gasteiger partial charge in [0.2, 0.25) is 0 Å². The lowest BCUT2D eigenvalue weighted by molar-refractivity contribution is 0.0983. The first kappa shape index (κ1) is 15.4. The van der Waals surface area contributed by atoms with Gasteiger partial charge in [-0.25, -0.2) is 9.78 Å². The molecule has 1 aliphatic heterocycles. The Morgan fingerprint density at radius 2 is 2.30 bits per heavy atom. The average molecular weight is 363 g/mol. The summed E-state index contributed by atoms with van der Waals surface area (Å²) in [7, 11) is 0. The molecule has 1 aliphatic rings. The predicted octanol–water partition coefficient (Wildman–Crippen LogP) is 3.53. The van der Waals surface area contributed by atoms with Gasteiger partial charge in [0.05, 0.1) is 23.0 Å². The second-order valence-electron chi connectivity index (χ2n) is 4.60. The van der Waals surface area contributed by atoms with Crippen LogP contribution >= 0.6 is 27.5 Å². The zero-order valence-corrected chi connectivity index (χ0v) is 13.6. The number of halogens is 2. The molecular weight excluding hydrogens is 346 g/mol. The summed E-state index contributed by atoms with van der Waals surface area (Å²) >= 11 is 9.22. The number of carbonyl (C=O) groups excluding carboxylic acids is 1. The minimum atomic E-state index is -0.221. The number of anilines is 1. The number of carbonyl (C=O) groups is 1. The molecule has 0 aliphatic carbocycles. The summed E-state index contributed by atoms with van der Waals surface area (Å²) in [5.74, 6) is 0. The number of hydrogen-bond acceptors (Lipinski definition) is 4. The van der Waals surface area contributed by atoms with E-state index in [0.717, 1.165) is 23.0 Å². The second-order valence-corrected chi connectivity index (χ2v) is 5.81. The Morgan fingerprint density at radius 1 is 1.60 bits per heavy atom. The molecule has 0 aromatic carbocycles. The van der Waals surface area contributed by atoms with Crippen LogP contribution in [0.4, 0.5) is 10.5 Å². The summed E-state index contributed by atoms with van der Waals surface area (Å²) in [6, 6.07) is 2.24. The molecule has 110 valence electrons. The molecule has 0 unspecified atom stereocenters. The van der Waals surface area contributed by atoms with Gasteiger partial charge in [-0.15, -0.1) is 0 Å². The van der Waals surface area contributed by atoms with Crippen LogP contribution in [0.5, 0.6) is 0 Å². The minimum absolute atomic E-state index is 0.221. The van der Waals surface area contributed by atoms with Crippen LogP contribution in [0, 0.1) is 0 Å². The number of aromatic nitrogens is 1. The van der Waals surface area contributed by atoms with E-state index in [9.17, 15) is 4.79 Å². The van der Waals surface area contributed by atoms with E-state index >= 15 is 0 Å². The zero-order valence-electron chi connectivity index (χ0n) is 11.2. The molecule has 0 atom stereocenters. The Kier molecular flexibility index (Phi) is 5.48. The summed E-state index contributed by atoms with van der Waals surface area (Å²) in [5.41, 5.74) is 0.927. The Labute approximate surface area is 131 Å². The third kappa shape index (κ3) is 3.99. The van der Waals surface area contributed by atoms with Crippen molar-refractivity contribution >= 4 is 39.3 Å². The zero-order chi connectivity index (χ0) is 14.5. The molecule has 0 radical (unpaired) electrons. The highest BCUT2D eigenvalue weighted by Crippen LogP contribution is 2.24. The van der Waals surface area contributed by atoms with Crippen molar-refractivity contribution in [1.82, 2.24) is 9.88 Å². The molecule has 0 saturated carbocycles. The minimum Gasteiger partial charge on any atom is -0.450 e.